The van der Waals surface area contributed by atoms with Crippen LogP contribution in [0.3, 0.4) is 0 Å². The first-order chi connectivity index (χ1) is 26.8. The van der Waals surface area contributed by atoms with Crippen LogP contribution in [0.4, 0.5) is 0 Å². The Morgan fingerprint density at radius 1 is 0.526 bits per heavy atom. The van der Waals surface area contributed by atoms with Crippen molar-refractivity contribution in [2.75, 3.05) is 0 Å². The van der Waals surface area contributed by atoms with Crippen molar-refractivity contribution in [2.45, 2.75) is 139 Å². The molecule has 4 rings (SSSR count). The van der Waals surface area contributed by atoms with Gasteiger partial charge in [0.1, 0.15) is 32.3 Å². The predicted molar refractivity (Wildman–Crippen MR) is 223 cm³/mol. The Balaban J connectivity index is 0.000000387. The number of hydrogen-bond donors (Lipinski definition) is 2. The molecule has 0 spiro atoms. The summed E-state index contributed by atoms with van der Waals surface area (Å²) in [6, 6.07) is 21.4. The molecular formula is C44H58CaO10S2. The second kappa shape index (κ2) is 27.0. The molecule has 0 aliphatic heterocycles. The van der Waals surface area contributed by atoms with Gasteiger partial charge in [0.05, 0.1) is 4.90 Å². The second-order valence-electron chi connectivity index (χ2n) is 14.1. The number of phenols is 1. The van der Waals surface area contributed by atoms with Crippen molar-refractivity contribution >= 4 is 58.0 Å². The first-order valence-electron chi connectivity index (χ1n) is 19.9. The van der Waals surface area contributed by atoms with Gasteiger partial charge in [-0.15, -0.1) is 0 Å². The minimum absolute atomic E-state index is 0. The molecule has 0 saturated carbocycles. The number of unbranched alkanes of at least 4 members (excludes halogenated alkanes) is 14. The van der Waals surface area contributed by atoms with E-state index >= 15 is 0 Å². The third kappa shape index (κ3) is 19.2. The van der Waals surface area contributed by atoms with E-state index < -0.39 is 25.1 Å². The van der Waals surface area contributed by atoms with E-state index in [0.29, 0.717) is 0 Å². The summed E-state index contributed by atoms with van der Waals surface area (Å²) in [4.78, 5) is -0.758. The first kappa shape index (κ1) is 50.3. The van der Waals surface area contributed by atoms with Gasteiger partial charge in [0.2, 0.25) is 0 Å². The van der Waals surface area contributed by atoms with Gasteiger partial charge < -0.3 is 24.2 Å². The Morgan fingerprint density at radius 2 is 0.930 bits per heavy atom. The van der Waals surface area contributed by atoms with Crippen LogP contribution in [0.2, 0.25) is 0 Å². The number of aryl methyl sites for hydroxylation is 2. The topological polar surface area (TPSA) is 173 Å². The van der Waals surface area contributed by atoms with Gasteiger partial charge in [0.25, 0.3) is 10.1 Å². The molecule has 0 unspecified atom stereocenters. The fraction of sp³-hybridized carbons (Fsp3) is 0.455. The molecule has 10 nitrogen and oxygen atoms in total. The maximum absolute atomic E-state index is 11.9. The van der Waals surface area contributed by atoms with Crippen LogP contribution in [-0.4, -0.2) is 68.8 Å². The summed E-state index contributed by atoms with van der Waals surface area (Å²) in [6.45, 7) is 4.42. The first-order valence-corrected chi connectivity index (χ1v) is 22.8. The fourth-order valence-electron chi connectivity index (χ4n) is 6.24. The number of benzene rings is 4. The molecule has 0 aliphatic rings. The number of ether oxygens (including phenoxy) is 2. The summed E-state index contributed by atoms with van der Waals surface area (Å²) in [6.07, 6.45) is 20.9. The Morgan fingerprint density at radius 3 is 1.39 bits per heavy atom. The van der Waals surface area contributed by atoms with Crippen molar-refractivity contribution in [2.24, 2.45) is 0 Å². The van der Waals surface area contributed by atoms with Crippen LogP contribution in [-0.2, 0) is 33.1 Å². The van der Waals surface area contributed by atoms with Crippen LogP contribution in [0.5, 0.6) is 34.5 Å². The van der Waals surface area contributed by atoms with E-state index in [0.717, 1.165) is 49.7 Å². The van der Waals surface area contributed by atoms with Crippen LogP contribution in [0.1, 0.15) is 128 Å². The number of para-hydroxylation sites is 4. The second-order valence-corrected chi connectivity index (χ2v) is 16.8. The molecule has 4 aromatic carbocycles. The van der Waals surface area contributed by atoms with E-state index in [1.807, 2.05) is 0 Å². The molecule has 0 heterocycles. The van der Waals surface area contributed by atoms with Gasteiger partial charge in [0.15, 0.2) is 11.5 Å². The summed E-state index contributed by atoms with van der Waals surface area (Å²) >= 11 is 0. The van der Waals surface area contributed by atoms with E-state index in [9.17, 15) is 36.2 Å². The van der Waals surface area contributed by atoms with E-state index in [-0.39, 0.29) is 77.1 Å². The molecule has 57 heavy (non-hydrogen) atoms. The molecule has 0 aromatic heterocycles. The summed E-state index contributed by atoms with van der Waals surface area (Å²) in [5, 5.41) is 21.7. The van der Waals surface area contributed by atoms with Gasteiger partial charge in [-0.1, -0.05) is 152 Å². The zero-order valence-corrected chi connectivity index (χ0v) is 37.3. The van der Waals surface area contributed by atoms with Crippen LogP contribution in [0.25, 0.3) is 0 Å². The van der Waals surface area contributed by atoms with Crippen molar-refractivity contribution in [1.29, 1.82) is 0 Å². The standard InChI is InChI=1S/2C22H30O5S.Ca/c2*1-2-3-4-5-6-7-8-9-12-18-15-16-22(28(24,25)26)21(17-18)27-20-14-11-10-13-19(20)23;/h2*10-11,13-17,23H,2-9,12H2,1H3,(H,24,25,26);/q;;+2/p-2. The maximum atomic E-state index is 11.9. The zero-order chi connectivity index (χ0) is 40.8. The maximum Gasteiger partial charge on any atom is 2.00 e. The van der Waals surface area contributed by atoms with Gasteiger partial charge >= 0.3 is 37.7 Å². The third-order valence-electron chi connectivity index (χ3n) is 9.36. The van der Waals surface area contributed by atoms with Crippen molar-refractivity contribution in [1.82, 2.24) is 0 Å². The largest absolute Gasteiger partial charge is 2.00 e. The normalized spacial score (nSPS) is 11.3. The van der Waals surface area contributed by atoms with Crippen LogP contribution in [0, 0.1) is 0 Å². The Hall–Kier alpha value is -2.84. The van der Waals surface area contributed by atoms with E-state index in [4.69, 9.17) is 9.47 Å². The molecule has 0 bridgehead atoms. The van der Waals surface area contributed by atoms with Crippen molar-refractivity contribution in [3.63, 3.8) is 0 Å². The predicted octanol–water partition coefficient (Wildman–Crippen LogP) is 10.9. The molecule has 0 radical (unpaired) electrons. The quantitative estimate of drug-likeness (QED) is 0.0392. The molecule has 0 atom stereocenters. The molecule has 13 heteroatoms. The van der Waals surface area contributed by atoms with Crippen molar-refractivity contribution in [3.8, 4) is 34.5 Å². The summed E-state index contributed by atoms with van der Waals surface area (Å²) < 4.78 is 78.5. The fourth-order valence-corrected chi connectivity index (χ4v) is 7.41. The Bertz CT molecular complexity index is 1840. The minimum Gasteiger partial charge on any atom is -0.870 e. The van der Waals surface area contributed by atoms with Gasteiger partial charge in [0, 0.05) is 0 Å². The number of aromatic hydroxyl groups is 1. The average Bonchev–Trinajstić information content (AvgIpc) is 3.15. The zero-order valence-electron chi connectivity index (χ0n) is 33.5. The number of hydrogen-bond acceptors (Lipinski definition) is 9. The van der Waals surface area contributed by atoms with Gasteiger partial charge in [-0.05, 0) is 79.3 Å². The Kier molecular flexibility index (Phi) is 23.8. The SMILES string of the molecule is CCCCCCCCCCc1ccc(S(=O)(=O)O)c(Oc2ccccc2O)c1.CCCCCCCCCCc1ccc(S(=O)(=O)[O-])c(Oc2ccccc2[O-])c1.[Ca+2]. The summed E-state index contributed by atoms with van der Waals surface area (Å²) in [7, 11) is -9.13. The Labute approximate surface area is 370 Å². The summed E-state index contributed by atoms with van der Waals surface area (Å²) in [5.41, 5.74) is 1.82. The van der Waals surface area contributed by atoms with Crippen LogP contribution >= 0.6 is 0 Å². The van der Waals surface area contributed by atoms with Gasteiger partial charge in [-0.25, -0.2) is 8.42 Å². The number of rotatable bonds is 24. The van der Waals surface area contributed by atoms with E-state index in [2.05, 4.69) is 13.8 Å². The van der Waals surface area contributed by atoms with Crippen molar-refractivity contribution < 1.29 is 45.6 Å². The minimum atomic E-state index is -4.70. The molecule has 308 valence electrons. The molecule has 0 saturated heterocycles. The van der Waals surface area contributed by atoms with Crippen molar-refractivity contribution in [3.05, 3.63) is 96.1 Å². The third-order valence-corrected chi connectivity index (χ3v) is 11.1. The van der Waals surface area contributed by atoms with E-state index in [1.165, 1.54) is 113 Å². The molecular weight excluding hydrogens is 793 g/mol. The number of phenolic OH excluding ortho intramolecular Hbond substituents is 1. The molecule has 2 N–H and O–H groups in total. The molecule has 0 amide bonds. The van der Waals surface area contributed by atoms with Gasteiger partial charge in [-0.3, -0.25) is 4.55 Å². The van der Waals surface area contributed by atoms with Crippen LogP contribution in [0.15, 0.2) is 94.7 Å². The molecule has 0 aliphatic carbocycles. The van der Waals surface area contributed by atoms with E-state index in [1.54, 1.807) is 48.5 Å². The smallest absolute Gasteiger partial charge is 0.870 e. The monoisotopic (exact) mass is 850 g/mol. The molecule has 0 fully saturated rings. The summed E-state index contributed by atoms with van der Waals surface area (Å²) in [5.74, 6) is -0.410. The van der Waals surface area contributed by atoms with Crippen LogP contribution < -0.4 is 14.6 Å². The average molecular weight is 851 g/mol. The van der Waals surface area contributed by atoms with Gasteiger partial charge in [-0.2, -0.15) is 8.42 Å². The molecule has 4 aromatic rings.